The molecule has 0 aliphatic heterocycles. The molecule has 0 heterocycles. The van der Waals surface area contributed by atoms with Crippen LogP contribution in [0.2, 0.25) is 5.02 Å². The van der Waals surface area contributed by atoms with Crippen LogP contribution in [0.25, 0.3) is 0 Å². The van der Waals surface area contributed by atoms with E-state index in [0.29, 0.717) is 13.0 Å². The molecule has 186 valence electrons. The number of benzene rings is 2. The van der Waals surface area contributed by atoms with E-state index in [9.17, 15) is 22.4 Å². The number of amides is 2. The van der Waals surface area contributed by atoms with Gasteiger partial charge in [0.1, 0.15) is 24.2 Å². The Hall–Kier alpha value is -2.85. The van der Waals surface area contributed by atoms with Crippen molar-refractivity contribution >= 4 is 39.1 Å². The molecule has 2 aromatic carbocycles. The van der Waals surface area contributed by atoms with Crippen LogP contribution in [0, 0.1) is 5.82 Å². The summed E-state index contributed by atoms with van der Waals surface area (Å²) < 4.78 is 45.8. The summed E-state index contributed by atoms with van der Waals surface area (Å²) >= 11 is 6.07. The first-order chi connectivity index (χ1) is 16.0. The van der Waals surface area contributed by atoms with E-state index in [1.54, 1.807) is 6.07 Å². The average molecular weight is 514 g/mol. The summed E-state index contributed by atoms with van der Waals surface area (Å²) in [5.41, 5.74) is 0.261. The molecule has 2 rings (SSSR count). The Morgan fingerprint density at radius 2 is 1.88 bits per heavy atom. The quantitative estimate of drug-likeness (QED) is 0.498. The van der Waals surface area contributed by atoms with Gasteiger partial charge in [-0.3, -0.25) is 13.9 Å². The lowest BCUT2D eigenvalue weighted by molar-refractivity contribution is -0.139. The van der Waals surface area contributed by atoms with Crippen molar-refractivity contribution in [3.05, 3.63) is 58.9 Å². The van der Waals surface area contributed by atoms with Crippen molar-refractivity contribution in [2.75, 3.05) is 30.8 Å². The molecule has 0 unspecified atom stereocenters. The Labute approximate surface area is 204 Å². The van der Waals surface area contributed by atoms with Crippen LogP contribution in [0.15, 0.2) is 42.5 Å². The van der Waals surface area contributed by atoms with Gasteiger partial charge in [-0.15, -0.1) is 0 Å². The van der Waals surface area contributed by atoms with Gasteiger partial charge < -0.3 is 15.0 Å². The number of ether oxygens (including phenoxy) is 1. The van der Waals surface area contributed by atoms with E-state index in [-0.39, 0.29) is 28.6 Å². The molecule has 0 aliphatic carbocycles. The highest BCUT2D eigenvalue weighted by Crippen LogP contribution is 2.33. The topological polar surface area (TPSA) is 96.0 Å². The SMILES string of the molecule is CCCNC(=O)[C@@H](C)N(Cc1ccccc1F)C(=O)CN(c1cc(Cl)ccc1OC)S(C)(=O)=O. The highest BCUT2D eigenvalue weighted by molar-refractivity contribution is 7.92. The third-order valence-electron chi connectivity index (χ3n) is 5.10. The van der Waals surface area contributed by atoms with Crippen LogP contribution < -0.4 is 14.4 Å². The van der Waals surface area contributed by atoms with Crippen molar-refractivity contribution in [2.45, 2.75) is 32.9 Å². The molecule has 8 nitrogen and oxygen atoms in total. The van der Waals surface area contributed by atoms with Crippen molar-refractivity contribution < 1.29 is 27.1 Å². The van der Waals surface area contributed by atoms with Gasteiger partial charge in [0.2, 0.25) is 21.8 Å². The number of nitrogens with zero attached hydrogens (tertiary/aromatic N) is 2. The molecule has 1 atom stereocenters. The van der Waals surface area contributed by atoms with Crippen molar-refractivity contribution in [3.63, 3.8) is 0 Å². The lowest BCUT2D eigenvalue weighted by Crippen LogP contribution is -2.51. The zero-order valence-electron chi connectivity index (χ0n) is 19.5. The maximum atomic E-state index is 14.4. The van der Waals surface area contributed by atoms with Crippen molar-refractivity contribution in [2.24, 2.45) is 0 Å². The van der Waals surface area contributed by atoms with E-state index >= 15 is 0 Å². The van der Waals surface area contributed by atoms with Crippen molar-refractivity contribution in [1.82, 2.24) is 10.2 Å². The smallest absolute Gasteiger partial charge is 0.244 e. The molecule has 0 aliphatic rings. The number of methoxy groups -OCH3 is 1. The molecule has 11 heteroatoms. The van der Waals surface area contributed by atoms with E-state index in [2.05, 4.69) is 5.32 Å². The van der Waals surface area contributed by atoms with Crippen LogP contribution in [0.3, 0.4) is 0 Å². The second-order valence-electron chi connectivity index (χ2n) is 7.67. The second-order valence-corrected chi connectivity index (χ2v) is 10.0. The Bertz CT molecular complexity index is 1130. The van der Waals surface area contributed by atoms with Gasteiger partial charge in [-0.25, -0.2) is 12.8 Å². The first-order valence-corrected chi connectivity index (χ1v) is 12.8. The second kappa shape index (κ2) is 12.0. The monoisotopic (exact) mass is 513 g/mol. The number of anilines is 1. The number of carbonyl (C=O) groups is 2. The van der Waals surface area contributed by atoms with Gasteiger partial charge in [-0.2, -0.15) is 0 Å². The molecule has 2 aromatic rings. The molecule has 0 fully saturated rings. The molecule has 0 saturated heterocycles. The molecule has 0 bridgehead atoms. The standard InChI is InChI=1S/C23H29ClFN3O5S/c1-5-12-26-23(30)16(2)27(14-17-8-6-7-9-19(17)25)22(29)15-28(34(4,31)32)20-13-18(24)10-11-21(20)33-3/h6-11,13,16H,5,12,14-15H2,1-4H3,(H,26,30)/t16-/m1/s1. The van der Waals surface area contributed by atoms with Gasteiger partial charge in [-0.1, -0.05) is 36.7 Å². The number of carbonyl (C=O) groups excluding carboxylic acids is 2. The van der Waals surface area contributed by atoms with Crippen LogP contribution in [0.5, 0.6) is 5.75 Å². The molecule has 34 heavy (non-hydrogen) atoms. The van der Waals surface area contributed by atoms with Gasteiger partial charge >= 0.3 is 0 Å². The number of rotatable bonds is 11. The lowest BCUT2D eigenvalue weighted by atomic mass is 10.1. The van der Waals surface area contributed by atoms with Crippen LogP contribution in [0.4, 0.5) is 10.1 Å². The van der Waals surface area contributed by atoms with Gasteiger partial charge in [0.15, 0.2) is 0 Å². The normalized spacial score (nSPS) is 12.1. The number of sulfonamides is 1. The number of hydrogen-bond donors (Lipinski definition) is 1. The summed E-state index contributed by atoms with van der Waals surface area (Å²) in [6.45, 7) is 2.93. The molecule has 0 radical (unpaired) electrons. The Morgan fingerprint density at radius 1 is 1.21 bits per heavy atom. The first-order valence-electron chi connectivity index (χ1n) is 10.6. The summed E-state index contributed by atoms with van der Waals surface area (Å²) in [5.74, 6) is -1.48. The molecule has 2 amide bonds. The van der Waals surface area contributed by atoms with Crippen molar-refractivity contribution in [3.8, 4) is 5.75 Å². The van der Waals surface area contributed by atoms with Gasteiger partial charge in [0.05, 0.1) is 19.1 Å². The van der Waals surface area contributed by atoms with Crippen LogP contribution in [0.1, 0.15) is 25.8 Å². The van der Waals surface area contributed by atoms with E-state index < -0.39 is 40.2 Å². The fourth-order valence-corrected chi connectivity index (χ4v) is 4.25. The highest BCUT2D eigenvalue weighted by atomic mass is 35.5. The minimum absolute atomic E-state index is 0.0692. The predicted octanol–water partition coefficient (Wildman–Crippen LogP) is 3.20. The molecular formula is C23H29ClFN3O5S. The molecule has 1 N–H and O–H groups in total. The van der Waals surface area contributed by atoms with E-state index in [0.717, 1.165) is 15.5 Å². The third-order valence-corrected chi connectivity index (χ3v) is 6.47. The van der Waals surface area contributed by atoms with Crippen LogP contribution >= 0.6 is 11.6 Å². The minimum Gasteiger partial charge on any atom is -0.495 e. The van der Waals surface area contributed by atoms with E-state index in [4.69, 9.17) is 16.3 Å². The molecule has 0 aromatic heterocycles. The number of halogens is 2. The minimum atomic E-state index is -3.96. The maximum Gasteiger partial charge on any atom is 0.244 e. The zero-order chi connectivity index (χ0) is 25.5. The summed E-state index contributed by atoms with van der Waals surface area (Å²) in [6, 6.07) is 9.27. The Kier molecular flexibility index (Phi) is 9.69. The molecule has 0 spiro atoms. The van der Waals surface area contributed by atoms with E-state index in [1.165, 1.54) is 50.4 Å². The summed E-state index contributed by atoms with van der Waals surface area (Å²) in [5, 5.41) is 2.96. The molecular weight excluding hydrogens is 485 g/mol. The van der Waals surface area contributed by atoms with Crippen molar-refractivity contribution in [1.29, 1.82) is 0 Å². The van der Waals surface area contributed by atoms with Gasteiger partial charge in [0.25, 0.3) is 0 Å². The van der Waals surface area contributed by atoms with Crippen LogP contribution in [-0.4, -0.2) is 57.6 Å². The number of hydrogen-bond acceptors (Lipinski definition) is 5. The lowest BCUT2D eigenvalue weighted by Gasteiger charge is -2.32. The maximum absolute atomic E-state index is 14.4. The fraction of sp³-hybridized carbons (Fsp3) is 0.391. The van der Waals surface area contributed by atoms with Crippen LogP contribution in [-0.2, 0) is 26.2 Å². The Morgan fingerprint density at radius 3 is 2.47 bits per heavy atom. The number of nitrogens with one attached hydrogen (secondary N) is 1. The predicted molar refractivity (Wildman–Crippen MR) is 130 cm³/mol. The summed E-state index contributed by atoms with van der Waals surface area (Å²) in [6.07, 6.45) is 1.63. The average Bonchev–Trinajstić information content (AvgIpc) is 2.79. The fourth-order valence-electron chi connectivity index (χ4n) is 3.24. The van der Waals surface area contributed by atoms with Gasteiger partial charge in [0, 0.05) is 23.7 Å². The summed E-state index contributed by atoms with van der Waals surface area (Å²) in [7, 11) is -2.60. The zero-order valence-corrected chi connectivity index (χ0v) is 21.1. The third kappa shape index (κ3) is 7.07. The van der Waals surface area contributed by atoms with E-state index in [1.807, 2.05) is 6.92 Å². The highest BCUT2D eigenvalue weighted by Gasteiger charge is 2.31. The van der Waals surface area contributed by atoms with Gasteiger partial charge in [-0.05, 0) is 37.6 Å². The largest absolute Gasteiger partial charge is 0.495 e. The Balaban J connectivity index is 2.46. The first kappa shape index (κ1) is 27.4. The molecule has 0 saturated carbocycles. The summed E-state index contributed by atoms with van der Waals surface area (Å²) in [4.78, 5) is 27.2.